The second-order valence-electron chi connectivity index (χ2n) is 6.38. The van der Waals surface area contributed by atoms with Gasteiger partial charge in [0.05, 0.1) is 0 Å². The molecule has 0 atom stereocenters. The van der Waals surface area contributed by atoms with Gasteiger partial charge in [-0.15, -0.1) is 0 Å². The normalized spacial score (nSPS) is 15.4. The van der Waals surface area contributed by atoms with E-state index in [0.717, 1.165) is 37.7 Å². The lowest BCUT2D eigenvalue weighted by molar-refractivity contribution is -0.133. The Morgan fingerprint density at radius 1 is 1.04 bits per heavy atom. The molecular formula is C20H22ClFN2O. The summed E-state index contributed by atoms with van der Waals surface area (Å²) in [5, 5.41) is 0.749. The van der Waals surface area contributed by atoms with E-state index in [1.54, 1.807) is 18.2 Å². The van der Waals surface area contributed by atoms with Crippen LogP contribution in [0.3, 0.4) is 0 Å². The minimum Gasteiger partial charge on any atom is -0.340 e. The molecule has 1 heterocycles. The molecule has 1 saturated heterocycles. The average molecular weight is 361 g/mol. The average Bonchev–Trinajstić information content (AvgIpc) is 2.61. The Hall–Kier alpha value is -1.91. The number of carbonyl (C=O) groups is 1. The summed E-state index contributed by atoms with van der Waals surface area (Å²) in [4.78, 5) is 16.6. The van der Waals surface area contributed by atoms with Gasteiger partial charge in [0.15, 0.2) is 0 Å². The number of carbonyl (C=O) groups excluding carboxylic acids is 1. The van der Waals surface area contributed by atoms with Gasteiger partial charge in [-0.2, -0.15) is 0 Å². The third-order valence-electron chi connectivity index (χ3n) is 4.59. The highest BCUT2D eigenvalue weighted by Crippen LogP contribution is 2.15. The second-order valence-corrected chi connectivity index (χ2v) is 6.81. The van der Waals surface area contributed by atoms with E-state index in [1.807, 2.05) is 23.1 Å². The van der Waals surface area contributed by atoms with Crippen LogP contribution in [0.5, 0.6) is 0 Å². The van der Waals surface area contributed by atoms with Crippen molar-refractivity contribution in [3.05, 3.63) is 70.5 Å². The molecule has 3 rings (SSSR count). The Morgan fingerprint density at radius 2 is 1.80 bits per heavy atom. The summed E-state index contributed by atoms with van der Waals surface area (Å²) < 4.78 is 13.6. The highest BCUT2D eigenvalue weighted by Gasteiger charge is 2.21. The minimum atomic E-state index is -0.235. The highest BCUT2D eigenvalue weighted by atomic mass is 35.5. The molecule has 0 radical (unpaired) electrons. The summed E-state index contributed by atoms with van der Waals surface area (Å²) in [6.45, 7) is 3.97. The van der Waals surface area contributed by atoms with Crippen LogP contribution in [-0.2, 0) is 17.8 Å². The van der Waals surface area contributed by atoms with Crippen molar-refractivity contribution in [2.45, 2.75) is 19.4 Å². The predicted octanol–water partition coefficient (Wildman–Crippen LogP) is 3.76. The monoisotopic (exact) mass is 360 g/mol. The maximum Gasteiger partial charge on any atom is 0.222 e. The Morgan fingerprint density at radius 3 is 2.52 bits per heavy atom. The van der Waals surface area contributed by atoms with E-state index in [4.69, 9.17) is 11.6 Å². The topological polar surface area (TPSA) is 23.6 Å². The van der Waals surface area contributed by atoms with Gasteiger partial charge in [-0.1, -0.05) is 41.9 Å². The molecule has 1 aliphatic heterocycles. The van der Waals surface area contributed by atoms with Crippen molar-refractivity contribution in [3.8, 4) is 0 Å². The van der Waals surface area contributed by atoms with Gasteiger partial charge >= 0.3 is 0 Å². The molecule has 2 aromatic rings. The molecule has 3 nitrogen and oxygen atoms in total. The van der Waals surface area contributed by atoms with Crippen LogP contribution in [0.25, 0.3) is 0 Å². The molecule has 2 aromatic carbocycles. The first-order chi connectivity index (χ1) is 12.1. The molecule has 1 fully saturated rings. The summed E-state index contributed by atoms with van der Waals surface area (Å²) in [6, 6.07) is 14.5. The van der Waals surface area contributed by atoms with E-state index >= 15 is 0 Å². The molecule has 5 heteroatoms. The van der Waals surface area contributed by atoms with Crippen molar-refractivity contribution in [2.24, 2.45) is 0 Å². The number of halogens is 2. The van der Waals surface area contributed by atoms with Gasteiger partial charge in [-0.05, 0) is 35.7 Å². The molecule has 1 amide bonds. The number of piperazine rings is 1. The molecule has 0 saturated carbocycles. The molecule has 25 heavy (non-hydrogen) atoms. The zero-order valence-electron chi connectivity index (χ0n) is 14.1. The van der Waals surface area contributed by atoms with Crippen molar-refractivity contribution in [1.82, 2.24) is 9.80 Å². The predicted molar refractivity (Wildman–Crippen MR) is 98.0 cm³/mol. The molecule has 1 aliphatic rings. The Balaban J connectivity index is 1.45. The van der Waals surface area contributed by atoms with E-state index in [0.29, 0.717) is 18.4 Å². The standard InChI is InChI=1S/C20H22ClFN2O/c21-18-6-3-4-16(14-18)15-23-10-12-24(13-11-23)20(25)9-8-17-5-1-2-7-19(17)22/h1-7,14H,8-13,15H2. The van der Waals surface area contributed by atoms with Crippen molar-refractivity contribution in [1.29, 1.82) is 0 Å². The van der Waals surface area contributed by atoms with Crippen LogP contribution < -0.4 is 0 Å². The largest absolute Gasteiger partial charge is 0.340 e. The fraction of sp³-hybridized carbons (Fsp3) is 0.350. The number of hydrogen-bond donors (Lipinski definition) is 0. The van der Waals surface area contributed by atoms with E-state index in [-0.39, 0.29) is 11.7 Å². The van der Waals surface area contributed by atoms with Gasteiger partial charge in [0.25, 0.3) is 0 Å². The first kappa shape index (κ1) is 17.9. The van der Waals surface area contributed by atoms with E-state index in [9.17, 15) is 9.18 Å². The summed E-state index contributed by atoms with van der Waals surface area (Å²) >= 11 is 6.03. The molecule has 0 aromatic heterocycles. The lowest BCUT2D eigenvalue weighted by Crippen LogP contribution is -2.48. The van der Waals surface area contributed by atoms with Gasteiger partial charge in [0.2, 0.25) is 5.91 Å². The van der Waals surface area contributed by atoms with Crippen LogP contribution in [0.1, 0.15) is 17.5 Å². The number of aryl methyl sites for hydroxylation is 1. The number of rotatable bonds is 5. The zero-order chi connectivity index (χ0) is 17.6. The molecule has 132 valence electrons. The fourth-order valence-electron chi connectivity index (χ4n) is 3.15. The Kier molecular flexibility index (Phi) is 6.05. The van der Waals surface area contributed by atoms with Gasteiger partial charge in [-0.25, -0.2) is 4.39 Å². The highest BCUT2D eigenvalue weighted by molar-refractivity contribution is 6.30. The van der Waals surface area contributed by atoms with Crippen LogP contribution in [-0.4, -0.2) is 41.9 Å². The summed E-state index contributed by atoms with van der Waals surface area (Å²) in [7, 11) is 0. The van der Waals surface area contributed by atoms with Crippen LogP contribution in [0, 0.1) is 5.82 Å². The smallest absolute Gasteiger partial charge is 0.222 e. The molecule has 0 aliphatic carbocycles. The van der Waals surface area contributed by atoms with Gasteiger partial charge in [0.1, 0.15) is 5.82 Å². The van der Waals surface area contributed by atoms with Crippen LogP contribution in [0.15, 0.2) is 48.5 Å². The van der Waals surface area contributed by atoms with Crippen molar-refractivity contribution >= 4 is 17.5 Å². The SMILES string of the molecule is O=C(CCc1ccccc1F)N1CCN(Cc2cccc(Cl)c2)CC1. The number of amides is 1. The van der Waals surface area contributed by atoms with Crippen LogP contribution >= 0.6 is 11.6 Å². The molecular weight excluding hydrogens is 339 g/mol. The zero-order valence-corrected chi connectivity index (χ0v) is 14.9. The van der Waals surface area contributed by atoms with Crippen molar-refractivity contribution in [2.75, 3.05) is 26.2 Å². The van der Waals surface area contributed by atoms with Crippen LogP contribution in [0.4, 0.5) is 4.39 Å². The van der Waals surface area contributed by atoms with Crippen molar-refractivity contribution < 1.29 is 9.18 Å². The molecule has 0 unspecified atom stereocenters. The first-order valence-electron chi connectivity index (χ1n) is 8.60. The number of nitrogens with zero attached hydrogens (tertiary/aromatic N) is 2. The van der Waals surface area contributed by atoms with Crippen LogP contribution in [0.2, 0.25) is 5.02 Å². The second kappa shape index (κ2) is 8.45. The summed E-state index contributed by atoms with van der Waals surface area (Å²) in [6.07, 6.45) is 0.809. The maximum atomic E-state index is 13.6. The summed E-state index contributed by atoms with van der Waals surface area (Å²) in [5.41, 5.74) is 1.79. The molecule has 0 N–H and O–H groups in total. The molecule has 0 spiro atoms. The van der Waals surface area contributed by atoms with E-state index < -0.39 is 0 Å². The number of benzene rings is 2. The Bertz CT molecular complexity index is 729. The lowest BCUT2D eigenvalue weighted by atomic mass is 10.1. The van der Waals surface area contributed by atoms with Gasteiger partial charge in [0, 0.05) is 44.2 Å². The lowest BCUT2D eigenvalue weighted by Gasteiger charge is -2.35. The minimum absolute atomic E-state index is 0.102. The number of hydrogen-bond acceptors (Lipinski definition) is 2. The maximum absolute atomic E-state index is 13.6. The molecule has 0 bridgehead atoms. The summed E-state index contributed by atoms with van der Waals surface area (Å²) in [5.74, 6) is -0.132. The third-order valence-corrected chi connectivity index (χ3v) is 4.82. The fourth-order valence-corrected chi connectivity index (χ4v) is 3.36. The van der Waals surface area contributed by atoms with Crippen molar-refractivity contribution in [3.63, 3.8) is 0 Å². The van der Waals surface area contributed by atoms with Gasteiger partial charge in [-0.3, -0.25) is 9.69 Å². The van der Waals surface area contributed by atoms with E-state index in [2.05, 4.69) is 11.0 Å². The van der Waals surface area contributed by atoms with Gasteiger partial charge < -0.3 is 4.90 Å². The van der Waals surface area contributed by atoms with E-state index in [1.165, 1.54) is 11.6 Å². The third kappa shape index (κ3) is 5.03. The Labute approximate surface area is 153 Å². The quantitative estimate of drug-likeness (QED) is 0.810. The first-order valence-corrected chi connectivity index (χ1v) is 8.97.